The van der Waals surface area contributed by atoms with Crippen molar-refractivity contribution in [2.24, 2.45) is 0 Å². The molecule has 0 unspecified atom stereocenters. The van der Waals surface area contributed by atoms with Crippen LogP contribution in [-0.2, 0) is 9.53 Å². The van der Waals surface area contributed by atoms with Crippen LogP contribution in [0.1, 0.15) is 30.1 Å². The van der Waals surface area contributed by atoms with Crippen LogP contribution in [0.4, 0.5) is 0 Å². The Morgan fingerprint density at radius 1 is 1.21 bits per heavy atom. The number of carbonyl (C=O) groups is 2. The highest BCUT2D eigenvalue weighted by Crippen LogP contribution is 2.23. The highest BCUT2D eigenvalue weighted by Gasteiger charge is 2.09. The fourth-order valence-corrected chi connectivity index (χ4v) is 1.39. The summed E-state index contributed by atoms with van der Waals surface area (Å²) in [5.74, 6) is -1.43. The maximum Gasteiger partial charge on any atom is 0.339 e. The summed E-state index contributed by atoms with van der Waals surface area (Å²) in [7, 11) is 0. The van der Waals surface area contributed by atoms with E-state index in [0.29, 0.717) is 31.8 Å². The molecule has 1 rings (SSSR count). The lowest BCUT2D eigenvalue weighted by atomic mass is 10.2. The molecule has 0 saturated carbocycles. The number of hydrogen-bond donors (Lipinski definition) is 2. The minimum Gasteiger partial charge on any atom is -0.507 e. The third-order valence-electron chi connectivity index (χ3n) is 2.31. The number of phenols is 1. The first-order valence-corrected chi connectivity index (χ1v) is 5.83. The van der Waals surface area contributed by atoms with Crippen LogP contribution in [0.25, 0.3) is 0 Å². The number of carboxylic acid groups (broad SMARTS) is 1. The summed E-state index contributed by atoms with van der Waals surface area (Å²) in [5.41, 5.74) is -0.165. The zero-order valence-corrected chi connectivity index (χ0v) is 10.6. The van der Waals surface area contributed by atoms with E-state index in [4.69, 9.17) is 14.6 Å². The van der Waals surface area contributed by atoms with E-state index in [1.54, 1.807) is 0 Å². The second-order valence-corrected chi connectivity index (χ2v) is 3.88. The maximum absolute atomic E-state index is 10.7. The predicted octanol–water partition coefficient (Wildman–Crippen LogP) is 1.81. The van der Waals surface area contributed by atoms with Gasteiger partial charge in [-0.05, 0) is 25.0 Å². The fraction of sp³-hybridized carbons (Fsp3) is 0.385. The normalized spacial score (nSPS) is 9.95. The average molecular weight is 268 g/mol. The predicted molar refractivity (Wildman–Crippen MR) is 66.4 cm³/mol. The lowest BCUT2D eigenvalue weighted by Gasteiger charge is -2.07. The van der Waals surface area contributed by atoms with Crippen molar-refractivity contribution in [2.45, 2.75) is 19.8 Å². The molecule has 0 saturated heterocycles. The zero-order valence-electron chi connectivity index (χ0n) is 10.6. The Bertz CT molecular complexity index is 454. The summed E-state index contributed by atoms with van der Waals surface area (Å²) in [5, 5.41) is 18.2. The van der Waals surface area contributed by atoms with E-state index >= 15 is 0 Å². The van der Waals surface area contributed by atoms with Crippen molar-refractivity contribution < 1.29 is 29.3 Å². The fourth-order valence-electron chi connectivity index (χ4n) is 1.39. The molecule has 1 aromatic rings. The van der Waals surface area contributed by atoms with Gasteiger partial charge in [0.15, 0.2) is 0 Å². The number of rotatable bonds is 7. The number of esters is 1. The van der Waals surface area contributed by atoms with Gasteiger partial charge >= 0.3 is 11.9 Å². The molecule has 0 aliphatic rings. The molecule has 0 aromatic heterocycles. The van der Waals surface area contributed by atoms with Crippen molar-refractivity contribution in [3.63, 3.8) is 0 Å². The summed E-state index contributed by atoms with van der Waals surface area (Å²) >= 11 is 0. The molecule has 104 valence electrons. The van der Waals surface area contributed by atoms with E-state index in [-0.39, 0.29) is 17.3 Å². The van der Waals surface area contributed by atoms with Crippen LogP contribution in [-0.4, -0.2) is 35.4 Å². The molecule has 19 heavy (non-hydrogen) atoms. The second-order valence-electron chi connectivity index (χ2n) is 3.88. The molecule has 2 N–H and O–H groups in total. The van der Waals surface area contributed by atoms with Crippen molar-refractivity contribution >= 4 is 11.9 Å². The van der Waals surface area contributed by atoms with Gasteiger partial charge in [0.2, 0.25) is 0 Å². The average Bonchev–Trinajstić information content (AvgIpc) is 2.32. The molecule has 0 fully saturated rings. The van der Waals surface area contributed by atoms with Crippen molar-refractivity contribution in [3.05, 3.63) is 23.8 Å². The van der Waals surface area contributed by atoms with Crippen LogP contribution in [0.2, 0.25) is 0 Å². The summed E-state index contributed by atoms with van der Waals surface area (Å²) in [6.07, 6.45) is 1.37. The molecule has 0 atom stereocenters. The lowest BCUT2D eigenvalue weighted by Crippen LogP contribution is -2.04. The SMILES string of the molecule is CC(=O)OCCCCOc1ccc(C(=O)O)c(O)c1. The van der Waals surface area contributed by atoms with Crippen LogP contribution >= 0.6 is 0 Å². The largest absolute Gasteiger partial charge is 0.507 e. The van der Waals surface area contributed by atoms with Gasteiger partial charge in [-0.3, -0.25) is 4.79 Å². The van der Waals surface area contributed by atoms with Gasteiger partial charge in [-0.25, -0.2) is 4.79 Å². The van der Waals surface area contributed by atoms with E-state index in [9.17, 15) is 14.7 Å². The Hall–Kier alpha value is -2.24. The topological polar surface area (TPSA) is 93.1 Å². The molecule has 0 aliphatic carbocycles. The zero-order chi connectivity index (χ0) is 14.3. The van der Waals surface area contributed by atoms with Crippen molar-refractivity contribution in [1.82, 2.24) is 0 Å². The van der Waals surface area contributed by atoms with Crippen LogP contribution in [0.5, 0.6) is 11.5 Å². The molecule has 6 nitrogen and oxygen atoms in total. The van der Waals surface area contributed by atoms with Gasteiger partial charge in [0.1, 0.15) is 17.1 Å². The van der Waals surface area contributed by atoms with Gasteiger partial charge in [-0.2, -0.15) is 0 Å². The first-order chi connectivity index (χ1) is 9.00. The Morgan fingerprint density at radius 2 is 1.89 bits per heavy atom. The van der Waals surface area contributed by atoms with Crippen LogP contribution in [0.3, 0.4) is 0 Å². The summed E-state index contributed by atoms with van der Waals surface area (Å²) in [6, 6.07) is 4.02. The van der Waals surface area contributed by atoms with E-state index in [1.165, 1.54) is 25.1 Å². The summed E-state index contributed by atoms with van der Waals surface area (Å²) in [6.45, 7) is 2.10. The van der Waals surface area contributed by atoms with Gasteiger partial charge in [0.25, 0.3) is 0 Å². The van der Waals surface area contributed by atoms with Crippen LogP contribution in [0, 0.1) is 0 Å². The Balaban J connectivity index is 2.32. The third kappa shape index (κ3) is 5.29. The number of carboxylic acids is 1. The highest BCUT2D eigenvalue weighted by atomic mass is 16.5. The molecule has 0 amide bonds. The monoisotopic (exact) mass is 268 g/mol. The lowest BCUT2D eigenvalue weighted by molar-refractivity contribution is -0.141. The van der Waals surface area contributed by atoms with E-state index in [1.807, 2.05) is 0 Å². The number of hydrogen-bond acceptors (Lipinski definition) is 5. The van der Waals surface area contributed by atoms with Gasteiger partial charge in [-0.15, -0.1) is 0 Å². The first kappa shape index (κ1) is 14.8. The molecule has 0 bridgehead atoms. The van der Waals surface area contributed by atoms with Crippen molar-refractivity contribution in [2.75, 3.05) is 13.2 Å². The van der Waals surface area contributed by atoms with E-state index < -0.39 is 5.97 Å². The molecule has 6 heteroatoms. The Labute approximate surface area is 110 Å². The number of aromatic hydroxyl groups is 1. The summed E-state index contributed by atoms with van der Waals surface area (Å²) < 4.78 is 10.1. The van der Waals surface area contributed by atoms with Crippen LogP contribution < -0.4 is 4.74 Å². The van der Waals surface area contributed by atoms with Gasteiger partial charge in [-0.1, -0.05) is 0 Å². The number of unbranched alkanes of at least 4 members (excludes halogenated alkanes) is 1. The summed E-state index contributed by atoms with van der Waals surface area (Å²) in [4.78, 5) is 21.2. The minimum absolute atomic E-state index is 0.165. The maximum atomic E-state index is 10.7. The molecule has 0 aliphatic heterocycles. The van der Waals surface area contributed by atoms with Gasteiger partial charge < -0.3 is 19.7 Å². The minimum atomic E-state index is -1.19. The van der Waals surface area contributed by atoms with Crippen LogP contribution in [0.15, 0.2) is 18.2 Å². The van der Waals surface area contributed by atoms with E-state index in [2.05, 4.69) is 0 Å². The Kier molecular flexibility index (Phi) is 5.66. The Morgan fingerprint density at radius 3 is 2.47 bits per heavy atom. The van der Waals surface area contributed by atoms with Gasteiger partial charge in [0, 0.05) is 13.0 Å². The molecule has 0 spiro atoms. The highest BCUT2D eigenvalue weighted by molar-refractivity contribution is 5.90. The quantitative estimate of drug-likeness (QED) is 0.578. The molecule has 0 heterocycles. The first-order valence-electron chi connectivity index (χ1n) is 5.83. The van der Waals surface area contributed by atoms with Gasteiger partial charge in [0.05, 0.1) is 13.2 Å². The molecule has 1 aromatic carbocycles. The molecule has 0 radical (unpaired) electrons. The smallest absolute Gasteiger partial charge is 0.339 e. The number of aromatic carboxylic acids is 1. The number of benzene rings is 1. The second kappa shape index (κ2) is 7.25. The van der Waals surface area contributed by atoms with Crippen molar-refractivity contribution in [1.29, 1.82) is 0 Å². The van der Waals surface area contributed by atoms with Crippen molar-refractivity contribution in [3.8, 4) is 11.5 Å². The van der Waals surface area contributed by atoms with E-state index in [0.717, 1.165) is 0 Å². The standard InChI is InChI=1S/C13H16O6/c1-9(14)18-6-2-3-7-19-10-4-5-11(13(16)17)12(15)8-10/h4-5,8,15H,2-3,6-7H2,1H3,(H,16,17). The number of carbonyl (C=O) groups excluding carboxylic acids is 1. The number of ether oxygens (including phenoxy) is 2. The molecular formula is C13H16O6. The third-order valence-corrected chi connectivity index (χ3v) is 2.31. The molecular weight excluding hydrogens is 252 g/mol.